The molecule has 2 aliphatic rings. The lowest BCUT2D eigenvalue weighted by Crippen LogP contribution is -2.58. The number of rotatable bonds is 5. The quantitative estimate of drug-likeness (QED) is 0.593. The van der Waals surface area contributed by atoms with E-state index in [-0.39, 0.29) is 17.0 Å². The molecular weight excluding hydrogens is 331 g/mol. The Morgan fingerprint density at radius 3 is 2.40 bits per heavy atom. The first kappa shape index (κ1) is 18.7. The van der Waals surface area contributed by atoms with Crippen LogP contribution in [-0.2, 0) is 10.8 Å². The van der Waals surface area contributed by atoms with Gasteiger partial charge in [-0.3, -0.25) is 0 Å². The molecule has 3 nitrogen and oxygen atoms in total. The molecule has 2 fully saturated rings. The Balaban J connectivity index is 1.66. The van der Waals surface area contributed by atoms with Gasteiger partial charge >= 0.3 is 0 Å². The highest BCUT2D eigenvalue weighted by atomic mass is 28.4. The zero-order valence-corrected chi connectivity index (χ0v) is 17.4. The van der Waals surface area contributed by atoms with E-state index in [0.717, 1.165) is 36.4 Å². The number of hydrogen-bond acceptors (Lipinski definition) is 3. The van der Waals surface area contributed by atoms with Crippen LogP contribution in [0, 0.1) is 11.7 Å². The Morgan fingerprint density at radius 2 is 1.88 bits per heavy atom. The molecule has 25 heavy (non-hydrogen) atoms. The van der Waals surface area contributed by atoms with E-state index in [1.54, 1.807) is 12.1 Å². The summed E-state index contributed by atoms with van der Waals surface area (Å²) in [5.74, 6) is 0.510. The molecule has 0 aromatic heterocycles. The minimum absolute atomic E-state index is 0.174. The number of halogens is 1. The molecule has 0 spiro atoms. The average molecular weight is 365 g/mol. The number of nitrogens with zero attached hydrogens (tertiary/aromatic N) is 1. The first-order valence-corrected chi connectivity index (χ1v) is 12.5. The average Bonchev–Trinajstić information content (AvgIpc) is 2.40. The topological polar surface area (TPSA) is 38.5 Å². The second-order valence-electron chi connectivity index (χ2n) is 9.40. The van der Waals surface area contributed by atoms with Gasteiger partial charge in [0.1, 0.15) is 5.82 Å². The fourth-order valence-corrected chi connectivity index (χ4v) is 4.74. The van der Waals surface area contributed by atoms with Crippen molar-refractivity contribution < 1.29 is 8.82 Å². The number of nitrogens with two attached hydrogens (primary N) is 1. The lowest BCUT2D eigenvalue weighted by atomic mass is 9.80. The molecule has 1 saturated heterocycles. The summed E-state index contributed by atoms with van der Waals surface area (Å²) >= 11 is 0. The van der Waals surface area contributed by atoms with Gasteiger partial charge < -0.3 is 15.1 Å². The molecule has 0 bridgehead atoms. The molecule has 5 heteroatoms. The maximum Gasteiger partial charge on any atom is 0.192 e. The molecule has 1 saturated carbocycles. The fraction of sp³-hybridized carbons (Fsp3) is 0.700. The normalized spacial score (nSPS) is 19.7. The summed E-state index contributed by atoms with van der Waals surface area (Å²) in [6.07, 6.45) is 4.94. The van der Waals surface area contributed by atoms with Crippen molar-refractivity contribution in [1.29, 1.82) is 0 Å². The molecule has 1 aromatic rings. The van der Waals surface area contributed by atoms with Crippen molar-refractivity contribution in [3.8, 4) is 0 Å². The van der Waals surface area contributed by atoms with Crippen LogP contribution in [-0.4, -0.2) is 27.5 Å². The van der Waals surface area contributed by atoms with E-state index in [9.17, 15) is 4.39 Å². The summed E-state index contributed by atoms with van der Waals surface area (Å²) < 4.78 is 20.6. The van der Waals surface area contributed by atoms with Gasteiger partial charge in [-0.15, -0.1) is 0 Å². The lowest BCUT2D eigenvalue weighted by molar-refractivity contribution is 0.149. The Bertz CT molecular complexity index is 631. The largest absolute Gasteiger partial charge is 0.410 e. The second-order valence-corrected chi connectivity index (χ2v) is 14.2. The molecule has 0 unspecified atom stereocenters. The second kappa shape index (κ2) is 6.58. The molecule has 1 aliphatic heterocycles. The van der Waals surface area contributed by atoms with Gasteiger partial charge in [0.15, 0.2) is 8.32 Å². The summed E-state index contributed by atoms with van der Waals surface area (Å²) in [5, 5.41) is 0.210. The third-order valence-corrected chi connectivity index (χ3v) is 10.9. The van der Waals surface area contributed by atoms with Crippen molar-refractivity contribution >= 4 is 19.7 Å². The Morgan fingerprint density at radius 1 is 1.24 bits per heavy atom. The molecule has 1 aromatic carbocycles. The standard InChI is InChI=1S/C20H33FN2OSi/c1-20(2,3)25(4,5)24-17-12-23(13-17)18-11-16(21)10-15(19(18)22)9-14-7-6-8-14/h10-11,14,17H,6-9,12-13,22H2,1-5H3. The van der Waals surface area contributed by atoms with Gasteiger partial charge in [0, 0.05) is 13.1 Å². The van der Waals surface area contributed by atoms with Crippen LogP contribution in [0.25, 0.3) is 0 Å². The maximum atomic E-state index is 14.1. The molecule has 0 atom stereocenters. The Labute approximate surface area is 152 Å². The van der Waals surface area contributed by atoms with Gasteiger partial charge in [0.25, 0.3) is 0 Å². The molecule has 1 aliphatic carbocycles. The third kappa shape index (κ3) is 3.87. The van der Waals surface area contributed by atoms with Crippen molar-refractivity contribution in [3.05, 3.63) is 23.5 Å². The smallest absolute Gasteiger partial charge is 0.192 e. The molecule has 0 amide bonds. The van der Waals surface area contributed by atoms with Crippen molar-refractivity contribution in [2.75, 3.05) is 23.7 Å². The molecule has 3 rings (SSSR count). The number of anilines is 2. The van der Waals surface area contributed by atoms with Crippen molar-refractivity contribution in [3.63, 3.8) is 0 Å². The highest BCUT2D eigenvalue weighted by molar-refractivity contribution is 6.74. The van der Waals surface area contributed by atoms with E-state index < -0.39 is 8.32 Å². The Hall–Kier alpha value is -1.07. The van der Waals surface area contributed by atoms with Crippen LogP contribution in [0.15, 0.2) is 12.1 Å². The van der Waals surface area contributed by atoms with E-state index in [4.69, 9.17) is 10.2 Å². The van der Waals surface area contributed by atoms with Crippen molar-refractivity contribution in [2.45, 2.75) is 70.7 Å². The van der Waals surface area contributed by atoms with Gasteiger partial charge in [-0.25, -0.2) is 4.39 Å². The van der Waals surface area contributed by atoms with E-state index in [2.05, 4.69) is 38.8 Å². The van der Waals surface area contributed by atoms with Crippen LogP contribution in [0.4, 0.5) is 15.8 Å². The predicted molar refractivity (Wildman–Crippen MR) is 106 cm³/mol. The highest BCUT2D eigenvalue weighted by Gasteiger charge is 2.42. The van der Waals surface area contributed by atoms with Crippen LogP contribution in [0.1, 0.15) is 45.6 Å². The Kier molecular flexibility index (Phi) is 4.93. The summed E-state index contributed by atoms with van der Waals surface area (Å²) in [4.78, 5) is 2.17. The lowest BCUT2D eigenvalue weighted by Gasteiger charge is -2.47. The van der Waals surface area contributed by atoms with E-state index >= 15 is 0 Å². The van der Waals surface area contributed by atoms with Gasteiger partial charge in [-0.2, -0.15) is 0 Å². The first-order valence-electron chi connectivity index (χ1n) is 9.57. The van der Waals surface area contributed by atoms with Crippen LogP contribution < -0.4 is 10.6 Å². The fourth-order valence-electron chi connectivity index (χ4n) is 3.40. The first-order chi connectivity index (χ1) is 11.6. The van der Waals surface area contributed by atoms with E-state index in [0.29, 0.717) is 5.92 Å². The molecule has 2 N–H and O–H groups in total. The molecular formula is C20H33FN2OSi. The number of benzene rings is 1. The van der Waals surface area contributed by atoms with Crippen LogP contribution >= 0.6 is 0 Å². The minimum Gasteiger partial charge on any atom is -0.410 e. The van der Waals surface area contributed by atoms with Crippen LogP contribution in [0.2, 0.25) is 18.1 Å². The van der Waals surface area contributed by atoms with Gasteiger partial charge in [0.2, 0.25) is 0 Å². The number of hydrogen-bond donors (Lipinski definition) is 1. The summed E-state index contributed by atoms with van der Waals surface area (Å²) in [5.41, 5.74) is 8.99. The molecule has 140 valence electrons. The zero-order valence-electron chi connectivity index (χ0n) is 16.4. The summed E-state index contributed by atoms with van der Waals surface area (Å²) in [6.45, 7) is 12.9. The van der Waals surface area contributed by atoms with Crippen molar-refractivity contribution in [2.24, 2.45) is 5.92 Å². The third-order valence-electron chi connectivity index (χ3n) is 6.40. The van der Waals surface area contributed by atoms with Gasteiger partial charge in [-0.1, -0.05) is 40.0 Å². The summed E-state index contributed by atoms with van der Waals surface area (Å²) in [6, 6.07) is 3.21. The number of nitrogen functional groups attached to an aromatic ring is 1. The minimum atomic E-state index is -1.75. The van der Waals surface area contributed by atoms with E-state index in [1.807, 2.05) is 0 Å². The summed E-state index contributed by atoms with van der Waals surface area (Å²) in [7, 11) is -1.75. The monoisotopic (exact) mass is 364 g/mol. The maximum absolute atomic E-state index is 14.1. The molecule has 1 heterocycles. The van der Waals surface area contributed by atoms with Gasteiger partial charge in [-0.05, 0) is 48.2 Å². The highest BCUT2D eigenvalue weighted by Crippen LogP contribution is 2.40. The van der Waals surface area contributed by atoms with Crippen LogP contribution in [0.5, 0.6) is 0 Å². The zero-order chi connectivity index (χ0) is 18.4. The van der Waals surface area contributed by atoms with Crippen LogP contribution in [0.3, 0.4) is 0 Å². The predicted octanol–water partition coefficient (Wildman–Crippen LogP) is 4.96. The van der Waals surface area contributed by atoms with Gasteiger partial charge in [0.05, 0.1) is 17.5 Å². The molecule has 0 radical (unpaired) electrons. The van der Waals surface area contributed by atoms with E-state index in [1.165, 1.54) is 19.3 Å². The SMILES string of the molecule is CC(C)(C)[Si](C)(C)OC1CN(c2cc(F)cc(CC3CCC3)c2N)C1. The van der Waals surface area contributed by atoms with Crippen molar-refractivity contribution in [1.82, 2.24) is 0 Å².